The Labute approximate surface area is 225 Å². The van der Waals surface area contributed by atoms with Crippen LogP contribution in [0.4, 0.5) is 5.69 Å². The molecule has 2 heterocycles. The zero-order valence-electron chi connectivity index (χ0n) is 21.0. The van der Waals surface area contributed by atoms with Crippen LogP contribution in [0.3, 0.4) is 0 Å². The van der Waals surface area contributed by atoms with Crippen molar-refractivity contribution in [3.63, 3.8) is 0 Å². The number of ether oxygens (including phenoxy) is 2. The average Bonchev–Trinajstić information content (AvgIpc) is 3.52. The number of hydrogen-bond acceptors (Lipinski definition) is 7. The molecule has 2 aliphatic rings. The Hall–Kier alpha value is -3.63. The number of cyclic esters (lactones) is 1. The maximum absolute atomic E-state index is 13.2. The van der Waals surface area contributed by atoms with E-state index in [-0.39, 0.29) is 28.8 Å². The van der Waals surface area contributed by atoms with Gasteiger partial charge in [0.15, 0.2) is 0 Å². The van der Waals surface area contributed by atoms with Crippen molar-refractivity contribution in [1.29, 1.82) is 0 Å². The van der Waals surface area contributed by atoms with Crippen LogP contribution >= 0.6 is 11.6 Å². The minimum atomic E-state index is -0.898. The van der Waals surface area contributed by atoms with Crippen molar-refractivity contribution in [1.82, 2.24) is 15.5 Å². The van der Waals surface area contributed by atoms with Gasteiger partial charge in [-0.2, -0.15) is 0 Å². The topological polar surface area (TPSA) is 140 Å². The van der Waals surface area contributed by atoms with Crippen LogP contribution in [0, 0.1) is 0 Å². The smallest absolute Gasteiger partial charge is 0.310 e. The van der Waals surface area contributed by atoms with Gasteiger partial charge in [0.2, 0.25) is 18.1 Å². The van der Waals surface area contributed by atoms with Crippen molar-refractivity contribution in [2.75, 3.05) is 18.9 Å². The molecule has 0 saturated carbocycles. The molecule has 0 aromatic heterocycles. The third-order valence-corrected chi connectivity index (χ3v) is 6.95. The first-order valence-corrected chi connectivity index (χ1v) is 12.9. The first-order chi connectivity index (χ1) is 18.2. The van der Waals surface area contributed by atoms with E-state index in [0.717, 1.165) is 5.56 Å². The highest BCUT2D eigenvalue weighted by molar-refractivity contribution is 6.33. The number of anilines is 1. The highest BCUT2D eigenvalue weighted by atomic mass is 35.5. The molecule has 4 rings (SSSR count). The number of rotatable bonds is 9. The van der Waals surface area contributed by atoms with Crippen molar-refractivity contribution >= 4 is 41.0 Å². The van der Waals surface area contributed by atoms with Crippen LogP contribution in [0.2, 0.25) is 5.02 Å². The summed E-state index contributed by atoms with van der Waals surface area (Å²) < 4.78 is 11.0. The van der Waals surface area contributed by atoms with Crippen LogP contribution in [0.1, 0.15) is 42.1 Å². The Bertz CT molecular complexity index is 1190. The second-order valence-corrected chi connectivity index (χ2v) is 9.81. The lowest BCUT2D eigenvalue weighted by Gasteiger charge is -2.28. The number of hydrogen-bond donors (Lipinski definition) is 3. The number of halogens is 1. The number of nitrogen functional groups attached to an aromatic ring is 1. The molecule has 0 spiro atoms. The second kappa shape index (κ2) is 12.3. The molecule has 10 nitrogen and oxygen atoms in total. The fourth-order valence-electron chi connectivity index (χ4n) is 4.58. The van der Waals surface area contributed by atoms with Gasteiger partial charge in [0.05, 0.1) is 23.7 Å². The van der Waals surface area contributed by atoms with Crippen molar-refractivity contribution in [3.8, 4) is 0 Å². The molecule has 3 amide bonds. The summed E-state index contributed by atoms with van der Waals surface area (Å²) in [5, 5.41) is 5.73. The lowest BCUT2D eigenvalue weighted by molar-refractivity contribution is -0.165. The normalized spacial score (nSPS) is 21.6. The zero-order chi connectivity index (χ0) is 27.2. The molecule has 11 heteroatoms. The molecule has 4 atom stereocenters. The second-order valence-electron chi connectivity index (χ2n) is 9.40. The zero-order valence-corrected chi connectivity index (χ0v) is 21.8. The number of carbonyl (C=O) groups excluding carboxylic acids is 4. The molecule has 2 aromatic rings. The summed E-state index contributed by atoms with van der Waals surface area (Å²) >= 11 is 6.00. The molecule has 2 saturated heterocycles. The van der Waals surface area contributed by atoms with Gasteiger partial charge in [-0.15, -0.1) is 0 Å². The summed E-state index contributed by atoms with van der Waals surface area (Å²) in [6.07, 6.45) is 0.818. The van der Waals surface area contributed by atoms with Gasteiger partial charge in [0, 0.05) is 12.1 Å². The number of nitrogens with zero attached hydrogens (tertiary/aromatic N) is 1. The number of nitrogens with two attached hydrogens (primary N) is 1. The molecule has 0 unspecified atom stereocenters. The number of benzene rings is 2. The van der Waals surface area contributed by atoms with E-state index in [1.165, 1.54) is 23.1 Å². The molecule has 0 aliphatic carbocycles. The Morgan fingerprint density at radius 1 is 1.21 bits per heavy atom. The van der Waals surface area contributed by atoms with Gasteiger partial charge >= 0.3 is 5.97 Å². The van der Waals surface area contributed by atoms with Crippen molar-refractivity contribution in [2.24, 2.45) is 0 Å². The maximum Gasteiger partial charge on any atom is 0.310 e. The van der Waals surface area contributed by atoms with Gasteiger partial charge in [0.25, 0.3) is 5.91 Å². The van der Waals surface area contributed by atoms with Gasteiger partial charge in [-0.1, -0.05) is 41.9 Å². The molecule has 202 valence electrons. The van der Waals surface area contributed by atoms with E-state index < -0.39 is 36.3 Å². The maximum atomic E-state index is 13.2. The fourth-order valence-corrected chi connectivity index (χ4v) is 4.76. The number of nitrogens with one attached hydrogen (secondary N) is 2. The molecule has 0 bridgehead atoms. The van der Waals surface area contributed by atoms with E-state index >= 15 is 0 Å². The third-order valence-electron chi connectivity index (χ3n) is 6.63. The number of esters is 1. The minimum Gasteiger partial charge on any atom is -0.433 e. The molecule has 4 N–H and O–H groups in total. The van der Waals surface area contributed by atoms with Crippen molar-refractivity contribution in [2.45, 2.75) is 57.0 Å². The van der Waals surface area contributed by atoms with Crippen LogP contribution in [-0.4, -0.2) is 66.2 Å². The number of carbonyl (C=O) groups is 4. The van der Waals surface area contributed by atoms with Crippen LogP contribution in [-0.2, 0) is 30.3 Å². The van der Waals surface area contributed by atoms with Crippen LogP contribution in [0.5, 0.6) is 0 Å². The minimum absolute atomic E-state index is 0.0149. The predicted octanol–water partition coefficient (Wildman–Crippen LogP) is 2.05. The van der Waals surface area contributed by atoms with Crippen LogP contribution in [0.15, 0.2) is 48.5 Å². The van der Waals surface area contributed by atoms with E-state index in [0.29, 0.717) is 38.1 Å². The molecular formula is C27H31ClN4O6. The highest BCUT2D eigenvalue weighted by Crippen LogP contribution is 2.23. The first kappa shape index (κ1) is 27.4. The third kappa shape index (κ3) is 6.62. The largest absolute Gasteiger partial charge is 0.433 e. The van der Waals surface area contributed by atoms with Gasteiger partial charge in [-0.25, -0.2) is 0 Å². The van der Waals surface area contributed by atoms with E-state index in [9.17, 15) is 19.2 Å². The molecule has 0 radical (unpaired) electrons. The Morgan fingerprint density at radius 3 is 2.71 bits per heavy atom. The fraction of sp³-hybridized carbons (Fsp3) is 0.407. The SMILES string of the molecule is C[C@H](NC(=O)c1ccc(N)c(Cl)c1)C(=O)N1CCC[C@H]1C(=O)N[C@H]1CC(=O)O[C@H]1OCCc1ccccc1. The Morgan fingerprint density at radius 2 is 1.97 bits per heavy atom. The van der Waals surface area contributed by atoms with Gasteiger partial charge < -0.3 is 30.7 Å². The molecular weight excluding hydrogens is 512 g/mol. The summed E-state index contributed by atoms with van der Waals surface area (Å²) in [5.41, 5.74) is 7.38. The van der Waals surface area contributed by atoms with E-state index in [4.69, 9.17) is 26.8 Å². The number of likely N-dealkylation sites (tertiary alicyclic amines) is 1. The van der Waals surface area contributed by atoms with Crippen molar-refractivity contribution < 1.29 is 28.7 Å². The standard InChI is InChI=1S/C27H31ClN4O6/c1-16(30-24(34)18-9-10-20(29)19(28)14-18)26(36)32-12-5-8-22(32)25(35)31-21-15-23(33)38-27(21)37-13-11-17-6-3-2-4-7-17/h2-4,6-7,9-10,14,16,21-22,27H,5,8,11-13,15,29H2,1H3,(H,30,34)(H,31,35)/t16-,21-,22-,27+/m0/s1. The van der Waals surface area contributed by atoms with E-state index in [1.54, 1.807) is 6.92 Å². The van der Waals surface area contributed by atoms with Crippen LogP contribution in [0.25, 0.3) is 0 Å². The van der Waals surface area contributed by atoms with Gasteiger partial charge in [-0.05, 0) is 49.9 Å². The molecule has 38 heavy (non-hydrogen) atoms. The monoisotopic (exact) mass is 542 g/mol. The van der Waals surface area contributed by atoms with E-state index in [1.807, 2.05) is 30.3 Å². The molecule has 2 aromatic carbocycles. The van der Waals surface area contributed by atoms with Crippen molar-refractivity contribution in [3.05, 3.63) is 64.7 Å². The average molecular weight is 543 g/mol. The van der Waals surface area contributed by atoms with E-state index in [2.05, 4.69) is 10.6 Å². The van der Waals surface area contributed by atoms with Crippen LogP contribution < -0.4 is 16.4 Å². The number of amides is 3. The van der Waals surface area contributed by atoms with Gasteiger partial charge in [-0.3, -0.25) is 19.2 Å². The Balaban J connectivity index is 1.32. The first-order valence-electron chi connectivity index (χ1n) is 12.5. The molecule has 2 aliphatic heterocycles. The summed E-state index contributed by atoms with van der Waals surface area (Å²) in [5.74, 6) is -1.71. The summed E-state index contributed by atoms with van der Waals surface area (Å²) in [4.78, 5) is 52.3. The lowest BCUT2D eigenvalue weighted by atomic mass is 10.1. The lowest BCUT2D eigenvalue weighted by Crippen LogP contribution is -2.54. The summed E-state index contributed by atoms with van der Waals surface area (Å²) in [6, 6.07) is 11.9. The quantitative estimate of drug-likeness (QED) is 0.325. The Kier molecular flexibility index (Phi) is 8.85. The molecule has 2 fully saturated rings. The predicted molar refractivity (Wildman–Crippen MR) is 140 cm³/mol. The highest BCUT2D eigenvalue weighted by Gasteiger charge is 2.41. The summed E-state index contributed by atoms with van der Waals surface area (Å²) in [7, 11) is 0. The van der Waals surface area contributed by atoms with Gasteiger partial charge in [0.1, 0.15) is 18.1 Å². The summed E-state index contributed by atoms with van der Waals surface area (Å²) in [6.45, 7) is 2.26.